The molecular formula is C10H12N2O2. The van der Waals surface area contributed by atoms with Gasteiger partial charge in [0.1, 0.15) is 0 Å². The summed E-state index contributed by atoms with van der Waals surface area (Å²) in [6.07, 6.45) is 0. The smallest absolute Gasteiger partial charge is 0.336 e. The van der Waals surface area contributed by atoms with Crippen molar-refractivity contribution in [3.63, 3.8) is 0 Å². The summed E-state index contributed by atoms with van der Waals surface area (Å²) in [5, 5.41) is 12.1. The van der Waals surface area contributed by atoms with Gasteiger partial charge in [-0.05, 0) is 17.7 Å². The number of rotatable bonds is 2. The second kappa shape index (κ2) is 3.31. The first kappa shape index (κ1) is 9.02. The largest absolute Gasteiger partial charge is 0.478 e. The lowest BCUT2D eigenvalue weighted by Gasteiger charge is -2.28. The van der Waals surface area contributed by atoms with Gasteiger partial charge in [0, 0.05) is 24.7 Å². The van der Waals surface area contributed by atoms with Crippen LogP contribution in [0.3, 0.4) is 0 Å². The van der Waals surface area contributed by atoms with Crippen LogP contribution in [0.1, 0.15) is 21.8 Å². The molecule has 0 bridgehead atoms. The lowest BCUT2D eigenvalue weighted by atomic mass is 9.89. The van der Waals surface area contributed by atoms with Crippen LogP contribution in [0.25, 0.3) is 0 Å². The molecule has 4 N–H and O–H groups in total. The highest BCUT2D eigenvalue weighted by Crippen LogP contribution is 2.25. The molecule has 4 heteroatoms. The predicted octanol–water partition coefficient (Wildman–Crippen LogP) is 0.654. The number of carboxylic acid groups (broad SMARTS) is 1. The molecule has 14 heavy (non-hydrogen) atoms. The van der Waals surface area contributed by atoms with E-state index in [1.54, 1.807) is 6.07 Å². The molecular weight excluding hydrogens is 180 g/mol. The maximum Gasteiger partial charge on any atom is 0.336 e. The highest BCUT2D eigenvalue weighted by Gasteiger charge is 2.23. The van der Waals surface area contributed by atoms with E-state index in [4.69, 9.17) is 10.8 Å². The van der Waals surface area contributed by atoms with E-state index in [0.717, 1.165) is 18.7 Å². The Hall–Kier alpha value is -1.55. The standard InChI is InChI=1S/C10H12N2O2/c11-7-1-2-8(6-4-12-5-6)9(3-7)10(13)14/h1-3,6,12H,4-5,11H2,(H,13,14). The van der Waals surface area contributed by atoms with Gasteiger partial charge in [-0.2, -0.15) is 0 Å². The number of aromatic carboxylic acids is 1. The summed E-state index contributed by atoms with van der Waals surface area (Å²) in [5.41, 5.74) is 7.25. The van der Waals surface area contributed by atoms with E-state index < -0.39 is 5.97 Å². The number of nitrogens with one attached hydrogen (secondary N) is 1. The zero-order valence-corrected chi connectivity index (χ0v) is 7.66. The van der Waals surface area contributed by atoms with E-state index in [-0.39, 0.29) is 0 Å². The molecule has 0 unspecified atom stereocenters. The molecule has 0 radical (unpaired) electrons. The van der Waals surface area contributed by atoms with Gasteiger partial charge in [-0.25, -0.2) is 4.79 Å². The molecule has 74 valence electrons. The summed E-state index contributed by atoms with van der Waals surface area (Å²) < 4.78 is 0. The van der Waals surface area contributed by atoms with Gasteiger partial charge >= 0.3 is 5.97 Å². The highest BCUT2D eigenvalue weighted by atomic mass is 16.4. The van der Waals surface area contributed by atoms with Gasteiger partial charge in [0.05, 0.1) is 5.56 Å². The Balaban J connectivity index is 2.41. The first-order chi connectivity index (χ1) is 6.68. The third-order valence-corrected chi connectivity index (χ3v) is 2.53. The second-order valence-electron chi connectivity index (χ2n) is 3.51. The molecule has 4 nitrogen and oxygen atoms in total. The molecule has 1 aliphatic heterocycles. The number of nitrogen functional groups attached to an aromatic ring is 1. The average Bonchev–Trinajstić information content (AvgIpc) is 2.04. The predicted molar refractivity (Wildman–Crippen MR) is 53.4 cm³/mol. The fraction of sp³-hybridized carbons (Fsp3) is 0.300. The van der Waals surface area contributed by atoms with Crippen LogP contribution in [-0.2, 0) is 0 Å². The summed E-state index contributed by atoms with van der Waals surface area (Å²) in [4.78, 5) is 10.9. The molecule has 1 heterocycles. The fourth-order valence-corrected chi connectivity index (χ4v) is 1.62. The number of hydrogen-bond donors (Lipinski definition) is 3. The topological polar surface area (TPSA) is 75.3 Å². The lowest BCUT2D eigenvalue weighted by Crippen LogP contribution is -2.40. The molecule has 0 spiro atoms. The van der Waals surface area contributed by atoms with E-state index in [0.29, 0.717) is 17.2 Å². The molecule has 1 aromatic carbocycles. The lowest BCUT2D eigenvalue weighted by molar-refractivity contribution is 0.0694. The molecule has 2 rings (SSSR count). The minimum atomic E-state index is -0.904. The van der Waals surface area contributed by atoms with Gasteiger partial charge in [-0.3, -0.25) is 0 Å². The molecule has 1 aliphatic rings. The Morgan fingerprint density at radius 1 is 1.50 bits per heavy atom. The molecule has 1 aromatic rings. The third kappa shape index (κ3) is 1.44. The van der Waals surface area contributed by atoms with Gasteiger partial charge < -0.3 is 16.2 Å². The third-order valence-electron chi connectivity index (χ3n) is 2.53. The monoisotopic (exact) mass is 192 g/mol. The Labute approximate surface area is 81.7 Å². The summed E-state index contributed by atoms with van der Waals surface area (Å²) in [6.45, 7) is 1.70. The van der Waals surface area contributed by atoms with Crippen molar-refractivity contribution in [2.24, 2.45) is 0 Å². The summed E-state index contributed by atoms with van der Waals surface area (Å²) in [6, 6.07) is 5.08. The summed E-state index contributed by atoms with van der Waals surface area (Å²) in [5.74, 6) is -0.582. The van der Waals surface area contributed by atoms with Crippen LogP contribution in [0, 0.1) is 0 Å². The highest BCUT2D eigenvalue weighted by molar-refractivity contribution is 5.90. The number of anilines is 1. The van der Waals surface area contributed by atoms with Gasteiger partial charge in [0.25, 0.3) is 0 Å². The van der Waals surface area contributed by atoms with E-state index in [1.807, 2.05) is 6.07 Å². The van der Waals surface area contributed by atoms with Crippen molar-refractivity contribution in [1.29, 1.82) is 0 Å². The maximum atomic E-state index is 10.9. The quantitative estimate of drug-likeness (QED) is 0.601. The van der Waals surface area contributed by atoms with Crippen molar-refractivity contribution in [2.75, 3.05) is 18.8 Å². The van der Waals surface area contributed by atoms with Gasteiger partial charge in [0.15, 0.2) is 0 Å². The van der Waals surface area contributed by atoms with Crippen LogP contribution in [0.4, 0.5) is 5.69 Å². The summed E-state index contributed by atoms with van der Waals surface area (Å²) in [7, 11) is 0. The van der Waals surface area contributed by atoms with Crippen molar-refractivity contribution in [3.05, 3.63) is 29.3 Å². The molecule has 1 saturated heterocycles. The van der Waals surface area contributed by atoms with Crippen LogP contribution >= 0.6 is 0 Å². The summed E-state index contributed by atoms with van der Waals surface area (Å²) >= 11 is 0. The van der Waals surface area contributed by atoms with Crippen molar-refractivity contribution in [2.45, 2.75) is 5.92 Å². The van der Waals surface area contributed by atoms with Gasteiger partial charge in [0.2, 0.25) is 0 Å². The Morgan fingerprint density at radius 2 is 2.21 bits per heavy atom. The van der Waals surface area contributed by atoms with Crippen molar-refractivity contribution in [3.8, 4) is 0 Å². The first-order valence-corrected chi connectivity index (χ1v) is 4.52. The average molecular weight is 192 g/mol. The maximum absolute atomic E-state index is 10.9. The van der Waals surface area contributed by atoms with Crippen molar-refractivity contribution in [1.82, 2.24) is 5.32 Å². The van der Waals surface area contributed by atoms with Crippen LogP contribution < -0.4 is 11.1 Å². The zero-order chi connectivity index (χ0) is 10.1. The number of benzene rings is 1. The number of hydrogen-bond acceptors (Lipinski definition) is 3. The number of carboxylic acids is 1. The number of carbonyl (C=O) groups is 1. The SMILES string of the molecule is Nc1ccc(C2CNC2)c(C(=O)O)c1. The van der Waals surface area contributed by atoms with E-state index in [9.17, 15) is 4.79 Å². The fourth-order valence-electron chi connectivity index (χ4n) is 1.62. The first-order valence-electron chi connectivity index (χ1n) is 4.52. The Morgan fingerprint density at radius 3 is 2.71 bits per heavy atom. The van der Waals surface area contributed by atoms with Gasteiger partial charge in [-0.15, -0.1) is 0 Å². The van der Waals surface area contributed by atoms with Crippen LogP contribution in [0.2, 0.25) is 0 Å². The normalized spacial score (nSPS) is 16.3. The Bertz CT molecular complexity index is 372. The minimum absolute atomic E-state index is 0.321. The molecule has 0 atom stereocenters. The van der Waals surface area contributed by atoms with E-state index >= 15 is 0 Å². The van der Waals surface area contributed by atoms with Crippen LogP contribution in [-0.4, -0.2) is 24.2 Å². The molecule has 1 fully saturated rings. The Kier molecular flexibility index (Phi) is 2.13. The zero-order valence-electron chi connectivity index (χ0n) is 7.66. The van der Waals surface area contributed by atoms with Crippen molar-refractivity contribution < 1.29 is 9.90 Å². The van der Waals surface area contributed by atoms with E-state index in [1.165, 1.54) is 6.07 Å². The molecule has 0 amide bonds. The minimum Gasteiger partial charge on any atom is -0.478 e. The van der Waals surface area contributed by atoms with Crippen molar-refractivity contribution >= 4 is 11.7 Å². The second-order valence-corrected chi connectivity index (χ2v) is 3.51. The van der Waals surface area contributed by atoms with Gasteiger partial charge in [-0.1, -0.05) is 6.07 Å². The molecule has 0 aromatic heterocycles. The molecule has 0 saturated carbocycles. The van der Waals surface area contributed by atoms with E-state index in [2.05, 4.69) is 5.32 Å². The van der Waals surface area contributed by atoms with Crippen LogP contribution in [0.5, 0.6) is 0 Å². The van der Waals surface area contributed by atoms with Crippen LogP contribution in [0.15, 0.2) is 18.2 Å². The number of nitrogens with two attached hydrogens (primary N) is 1. The molecule has 0 aliphatic carbocycles.